The third kappa shape index (κ3) is 2.35. The lowest BCUT2D eigenvalue weighted by atomic mass is 10.1. The Morgan fingerprint density at radius 3 is 3.00 bits per heavy atom. The minimum atomic E-state index is 0.0258. The number of hydrogen-bond donors (Lipinski definition) is 1. The van der Waals surface area contributed by atoms with Crippen molar-refractivity contribution in [3.63, 3.8) is 0 Å². The Labute approximate surface area is 89.6 Å². The van der Waals surface area contributed by atoms with E-state index in [0.29, 0.717) is 6.10 Å². The molecule has 3 atom stereocenters. The summed E-state index contributed by atoms with van der Waals surface area (Å²) in [6, 6.07) is 0.0258. The van der Waals surface area contributed by atoms with Gasteiger partial charge < -0.3 is 10.5 Å². The summed E-state index contributed by atoms with van der Waals surface area (Å²) in [5.41, 5.74) is 6.10. The van der Waals surface area contributed by atoms with Gasteiger partial charge in [-0.3, -0.25) is 4.68 Å². The zero-order valence-electron chi connectivity index (χ0n) is 9.26. The van der Waals surface area contributed by atoms with Gasteiger partial charge in [0.05, 0.1) is 12.2 Å². The van der Waals surface area contributed by atoms with Crippen molar-refractivity contribution in [1.29, 1.82) is 0 Å². The first-order valence-corrected chi connectivity index (χ1v) is 5.40. The Balaban J connectivity index is 1.92. The third-order valence-corrected chi connectivity index (χ3v) is 2.97. The topological polar surface area (TPSA) is 66.0 Å². The highest BCUT2D eigenvalue weighted by Gasteiger charge is 2.28. The number of aryl methyl sites for hydroxylation is 1. The number of rotatable bonds is 3. The number of ether oxygens (including phenoxy) is 1. The van der Waals surface area contributed by atoms with Gasteiger partial charge >= 0.3 is 0 Å². The second-order valence-corrected chi connectivity index (χ2v) is 4.23. The van der Waals surface area contributed by atoms with E-state index in [2.05, 4.69) is 17.0 Å². The lowest BCUT2D eigenvalue weighted by Gasteiger charge is -2.18. The molecule has 0 aliphatic carbocycles. The monoisotopic (exact) mass is 210 g/mol. The van der Waals surface area contributed by atoms with Gasteiger partial charge in [-0.1, -0.05) is 0 Å². The summed E-state index contributed by atoms with van der Waals surface area (Å²) in [5, 5.41) is 4.02. The lowest BCUT2D eigenvalue weighted by molar-refractivity contribution is 0.0399. The Bertz CT molecular complexity index is 325. The third-order valence-electron chi connectivity index (χ3n) is 2.97. The molecule has 1 aromatic heterocycles. The van der Waals surface area contributed by atoms with Crippen LogP contribution in [-0.2, 0) is 18.2 Å². The number of hydrogen-bond acceptors (Lipinski definition) is 4. The standard InChI is InChI=1S/C10H18N4O/c1-7-3-4-9(15-7)8(11)5-10-12-6-13-14(10)2/h6-9H,3-5,11H2,1-2H3. The molecule has 1 aliphatic rings. The first-order valence-electron chi connectivity index (χ1n) is 5.40. The smallest absolute Gasteiger partial charge is 0.138 e. The van der Waals surface area contributed by atoms with Gasteiger partial charge in [0.15, 0.2) is 0 Å². The lowest BCUT2D eigenvalue weighted by Crippen LogP contribution is -2.37. The fraction of sp³-hybridized carbons (Fsp3) is 0.800. The van der Waals surface area contributed by atoms with Gasteiger partial charge in [-0.2, -0.15) is 5.10 Å². The normalized spacial score (nSPS) is 28.2. The van der Waals surface area contributed by atoms with E-state index >= 15 is 0 Å². The molecule has 2 N–H and O–H groups in total. The van der Waals surface area contributed by atoms with Crippen LogP contribution in [0.4, 0.5) is 0 Å². The molecule has 0 aromatic carbocycles. The van der Waals surface area contributed by atoms with Gasteiger partial charge in [0, 0.05) is 19.5 Å². The molecule has 0 amide bonds. The number of nitrogens with two attached hydrogens (primary N) is 1. The van der Waals surface area contributed by atoms with Crippen LogP contribution in [0.2, 0.25) is 0 Å². The number of nitrogens with zero attached hydrogens (tertiary/aromatic N) is 3. The quantitative estimate of drug-likeness (QED) is 0.776. The molecule has 3 unspecified atom stereocenters. The van der Waals surface area contributed by atoms with E-state index in [1.165, 1.54) is 0 Å². The van der Waals surface area contributed by atoms with Gasteiger partial charge in [-0.25, -0.2) is 4.98 Å². The van der Waals surface area contributed by atoms with Crippen LogP contribution < -0.4 is 5.73 Å². The molecule has 2 heterocycles. The minimum Gasteiger partial charge on any atom is -0.374 e. The summed E-state index contributed by atoms with van der Waals surface area (Å²) in [6.07, 6.45) is 4.98. The fourth-order valence-corrected chi connectivity index (χ4v) is 2.00. The summed E-state index contributed by atoms with van der Waals surface area (Å²) >= 11 is 0. The van der Waals surface area contributed by atoms with E-state index in [1.54, 1.807) is 11.0 Å². The maximum Gasteiger partial charge on any atom is 0.138 e. The average molecular weight is 210 g/mol. The molecule has 0 radical (unpaired) electrons. The zero-order valence-corrected chi connectivity index (χ0v) is 9.26. The summed E-state index contributed by atoms with van der Waals surface area (Å²) in [4.78, 5) is 4.16. The van der Waals surface area contributed by atoms with Gasteiger partial charge in [-0.15, -0.1) is 0 Å². The average Bonchev–Trinajstić information content (AvgIpc) is 2.77. The van der Waals surface area contributed by atoms with Crippen LogP contribution in [0, 0.1) is 0 Å². The predicted octanol–water partition coefficient (Wildman–Crippen LogP) is 0.252. The highest BCUT2D eigenvalue weighted by Crippen LogP contribution is 2.22. The van der Waals surface area contributed by atoms with Gasteiger partial charge in [0.2, 0.25) is 0 Å². The molecule has 1 fully saturated rings. The van der Waals surface area contributed by atoms with Crippen LogP contribution in [0.1, 0.15) is 25.6 Å². The van der Waals surface area contributed by atoms with E-state index in [9.17, 15) is 0 Å². The molecule has 1 aromatic rings. The minimum absolute atomic E-state index is 0.0258. The first kappa shape index (κ1) is 10.6. The SMILES string of the molecule is CC1CCC(C(N)Cc2ncnn2C)O1. The van der Waals surface area contributed by atoms with Crippen molar-refractivity contribution in [2.45, 2.75) is 44.4 Å². The fourth-order valence-electron chi connectivity index (χ4n) is 2.00. The Kier molecular flexibility index (Phi) is 3.02. The molecule has 5 nitrogen and oxygen atoms in total. The van der Waals surface area contributed by atoms with Crippen molar-refractivity contribution in [3.8, 4) is 0 Å². The Hall–Kier alpha value is -0.940. The largest absolute Gasteiger partial charge is 0.374 e. The van der Waals surface area contributed by atoms with E-state index in [-0.39, 0.29) is 12.1 Å². The molecule has 5 heteroatoms. The zero-order chi connectivity index (χ0) is 10.8. The molecule has 0 saturated carbocycles. The summed E-state index contributed by atoms with van der Waals surface area (Å²) < 4.78 is 7.49. The van der Waals surface area contributed by atoms with E-state index < -0.39 is 0 Å². The van der Waals surface area contributed by atoms with E-state index in [4.69, 9.17) is 10.5 Å². The van der Waals surface area contributed by atoms with Gasteiger partial charge in [-0.05, 0) is 19.8 Å². The van der Waals surface area contributed by atoms with Crippen LogP contribution in [0.15, 0.2) is 6.33 Å². The predicted molar refractivity (Wildman–Crippen MR) is 56.3 cm³/mol. The van der Waals surface area contributed by atoms with Crippen LogP contribution >= 0.6 is 0 Å². The maximum absolute atomic E-state index is 6.10. The second kappa shape index (κ2) is 4.28. The molecule has 15 heavy (non-hydrogen) atoms. The van der Waals surface area contributed by atoms with Crippen molar-refractivity contribution in [3.05, 3.63) is 12.2 Å². The van der Waals surface area contributed by atoms with Crippen molar-refractivity contribution >= 4 is 0 Å². The molecule has 0 bridgehead atoms. The number of aromatic nitrogens is 3. The molecule has 1 saturated heterocycles. The molecule has 1 aliphatic heterocycles. The second-order valence-electron chi connectivity index (χ2n) is 4.23. The van der Waals surface area contributed by atoms with Crippen LogP contribution in [0.3, 0.4) is 0 Å². The first-order chi connectivity index (χ1) is 7.16. The molecule has 84 valence electrons. The summed E-state index contributed by atoms with van der Waals surface area (Å²) in [6.45, 7) is 2.09. The molecule has 2 rings (SSSR count). The Morgan fingerprint density at radius 2 is 2.47 bits per heavy atom. The van der Waals surface area contributed by atoms with Crippen LogP contribution in [0.5, 0.6) is 0 Å². The van der Waals surface area contributed by atoms with Crippen molar-refractivity contribution < 1.29 is 4.74 Å². The van der Waals surface area contributed by atoms with E-state index in [1.807, 2.05) is 7.05 Å². The van der Waals surface area contributed by atoms with Crippen LogP contribution in [0.25, 0.3) is 0 Å². The van der Waals surface area contributed by atoms with Gasteiger partial charge in [0.25, 0.3) is 0 Å². The highest BCUT2D eigenvalue weighted by atomic mass is 16.5. The van der Waals surface area contributed by atoms with Crippen LogP contribution in [-0.4, -0.2) is 33.0 Å². The van der Waals surface area contributed by atoms with Crippen molar-refractivity contribution in [2.75, 3.05) is 0 Å². The summed E-state index contributed by atoms with van der Waals surface area (Å²) in [7, 11) is 1.88. The van der Waals surface area contributed by atoms with Gasteiger partial charge in [0.1, 0.15) is 12.2 Å². The molecular formula is C10H18N4O. The molecular weight excluding hydrogens is 192 g/mol. The molecule has 0 spiro atoms. The van der Waals surface area contributed by atoms with Crippen molar-refractivity contribution in [1.82, 2.24) is 14.8 Å². The summed E-state index contributed by atoms with van der Waals surface area (Å²) in [5.74, 6) is 0.922. The van der Waals surface area contributed by atoms with E-state index in [0.717, 1.165) is 25.1 Å². The maximum atomic E-state index is 6.10. The Morgan fingerprint density at radius 1 is 1.67 bits per heavy atom. The highest BCUT2D eigenvalue weighted by molar-refractivity contribution is 4.92. The van der Waals surface area contributed by atoms with Crippen molar-refractivity contribution in [2.24, 2.45) is 12.8 Å².